The van der Waals surface area contributed by atoms with Gasteiger partial charge in [0.1, 0.15) is 11.4 Å². The van der Waals surface area contributed by atoms with Gasteiger partial charge in [0.25, 0.3) is 5.91 Å². The van der Waals surface area contributed by atoms with Crippen LogP contribution < -0.4 is 14.8 Å². The molecule has 1 aromatic heterocycles. The van der Waals surface area contributed by atoms with Crippen LogP contribution in [0.5, 0.6) is 11.5 Å². The van der Waals surface area contributed by atoms with Gasteiger partial charge in [0.15, 0.2) is 17.3 Å². The Kier molecular flexibility index (Phi) is 6.10. The van der Waals surface area contributed by atoms with Gasteiger partial charge in [-0.25, -0.2) is 9.18 Å². The number of imide groups is 1. The number of ether oxygens (including phenoxy) is 2. The van der Waals surface area contributed by atoms with Gasteiger partial charge in [0.05, 0.1) is 20.8 Å². The summed E-state index contributed by atoms with van der Waals surface area (Å²) in [7, 11) is 2.98. The predicted octanol–water partition coefficient (Wildman–Crippen LogP) is 3.90. The number of hydrogen-bond donors (Lipinski definition) is 1. The van der Waals surface area contributed by atoms with Crippen molar-refractivity contribution in [3.8, 4) is 17.2 Å². The van der Waals surface area contributed by atoms with Crippen molar-refractivity contribution in [2.45, 2.75) is 26.3 Å². The van der Waals surface area contributed by atoms with Gasteiger partial charge in [-0.15, -0.1) is 0 Å². The van der Waals surface area contributed by atoms with Crippen LogP contribution in [0.2, 0.25) is 0 Å². The lowest BCUT2D eigenvalue weighted by molar-refractivity contribution is -0.130. The Morgan fingerprint density at radius 2 is 1.74 bits per heavy atom. The number of aryl methyl sites for hydroxylation is 1. The van der Waals surface area contributed by atoms with Crippen molar-refractivity contribution in [2.75, 3.05) is 20.8 Å². The fourth-order valence-corrected chi connectivity index (χ4v) is 4.47. The second-order valence-corrected chi connectivity index (χ2v) is 8.54. The van der Waals surface area contributed by atoms with Gasteiger partial charge in [-0.1, -0.05) is 12.1 Å². The van der Waals surface area contributed by atoms with Crippen LogP contribution in [-0.2, 0) is 10.3 Å². The van der Waals surface area contributed by atoms with E-state index < -0.39 is 35.6 Å². The number of Topliss-reactive ketones (excluding diaryl/α,β-unsaturated/α-hetero) is 1. The predicted molar refractivity (Wildman–Crippen MR) is 127 cm³/mol. The molecule has 9 heteroatoms. The van der Waals surface area contributed by atoms with Crippen molar-refractivity contribution in [3.63, 3.8) is 0 Å². The minimum Gasteiger partial charge on any atom is -0.493 e. The van der Waals surface area contributed by atoms with Crippen LogP contribution in [0.15, 0.2) is 48.5 Å². The summed E-state index contributed by atoms with van der Waals surface area (Å²) in [4.78, 5) is 40.2. The molecule has 2 heterocycles. The van der Waals surface area contributed by atoms with Gasteiger partial charge in [-0.05, 0) is 62.7 Å². The van der Waals surface area contributed by atoms with E-state index in [4.69, 9.17) is 9.47 Å². The molecule has 1 unspecified atom stereocenters. The summed E-state index contributed by atoms with van der Waals surface area (Å²) in [6.45, 7) is 4.69. The smallest absolute Gasteiger partial charge is 0.325 e. The first-order valence-corrected chi connectivity index (χ1v) is 11.0. The quantitative estimate of drug-likeness (QED) is 0.410. The van der Waals surface area contributed by atoms with E-state index >= 15 is 0 Å². The minimum absolute atomic E-state index is 0.354. The Labute approximate surface area is 202 Å². The summed E-state index contributed by atoms with van der Waals surface area (Å²) in [6.07, 6.45) is 0. The highest BCUT2D eigenvalue weighted by atomic mass is 19.1. The van der Waals surface area contributed by atoms with Gasteiger partial charge in [-0.2, -0.15) is 0 Å². The van der Waals surface area contributed by atoms with E-state index in [2.05, 4.69) is 5.32 Å². The average molecular weight is 480 g/mol. The van der Waals surface area contributed by atoms with Crippen molar-refractivity contribution in [2.24, 2.45) is 0 Å². The third kappa shape index (κ3) is 4.03. The minimum atomic E-state index is -1.38. The van der Waals surface area contributed by atoms with Crippen molar-refractivity contribution < 1.29 is 28.2 Å². The molecule has 0 spiro atoms. The van der Waals surface area contributed by atoms with Gasteiger partial charge in [0.2, 0.25) is 0 Å². The van der Waals surface area contributed by atoms with Crippen molar-refractivity contribution >= 4 is 17.7 Å². The molecule has 4 rings (SSSR count). The van der Waals surface area contributed by atoms with E-state index in [-0.39, 0.29) is 0 Å². The topological polar surface area (TPSA) is 89.9 Å². The third-order valence-corrected chi connectivity index (χ3v) is 6.34. The first-order chi connectivity index (χ1) is 16.6. The fourth-order valence-electron chi connectivity index (χ4n) is 4.47. The lowest BCUT2D eigenvalue weighted by Gasteiger charge is -2.23. The van der Waals surface area contributed by atoms with Crippen LogP contribution in [0.3, 0.4) is 0 Å². The van der Waals surface area contributed by atoms with Crippen molar-refractivity contribution in [1.82, 2.24) is 14.8 Å². The van der Waals surface area contributed by atoms with Crippen LogP contribution in [0, 0.1) is 19.7 Å². The largest absolute Gasteiger partial charge is 0.493 e. The molecule has 2 aromatic carbocycles. The van der Waals surface area contributed by atoms with Crippen LogP contribution in [0.4, 0.5) is 9.18 Å². The summed E-state index contributed by atoms with van der Waals surface area (Å²) in [6, 6.07) is 12.0. The molecule has 0 bridgehead atoms. The average Bonchev–Trinajstić information content (AvgIpc) is 3.25. The summed E-state index contributed by atoms with van der Waals surface area (Å²) in [5.41, 5.74) is 1.36. The first-order valence-electron chi connectivity index (χ1n) is 11.0. The highest BCUT2D eigenvalue weighted by Gasteiger charge is 2.49. The number of rotatable bonds is 7. The maximum atomic E-state index is 13.8. The number of benzene rings is 2. The number of methoxy groups -OCH3 is 2. The number of carbonyl (C=O) groups excluding carboxylic acids is 3. The van der Waals surface area contributed by atoms with Crippen molar-refractivity contribution in [3.05, 3.63) is 76.9 Å². The van der Waals surface area contributed by atoms with E-state index in [1.165, 1.54) is 26.4 Å². The van der Waals surface area contributed by atoms with E-state index in [0.29, 0.717) is 34.0 Å². The summed E-state index contributed by atoms with van der Waals surface area (Å²) in [5.74, 6) is -0.454. The number of halogens is 1. The number of ketones is 1. The monoisotopic (exact) mass is 479 g/mol. The summed E-state index contributed by atoms with van der Waals surface area (Å²) >= 11 is 0. The number of aromatic nitrogens is 1. The molecule has 3 aromatic rings. The molecule has 35 heavy (non-hydrogen) atoms. The molecule has 1 saturated heterocycles. The number of nitrogens with zero attached hydrogens (tertiary/aromatic N) is 2. The van der Waals surface area contributed by atoms with Crippen LogP contribution in [-0.4, -0.2) is 48.0 Å². The Morgan fingerprint density at radius 3 is 2.40 bits per heavy atom. The lowest BCUT2D eigenvalue weighted by Crippen LogP contribution is -2.41. The van der Waals surface area contributed by atoms with E-state index in [9.17, 15) is 18.8 Å². The number of carbonyl (C=O) groups is 3. The van der Waals surface area contributed by atoms with E-state index in [0.717, 1.165) is 10.6 Å². The molecule has 1 aliphatic heterocycles. The lowest BCUT2D eigenvalue weighted by atomic mass is 9.91. The maximum Gasteiger partial charge on any atom is 0.325 e. The van der Waals surface area contributed by atoms with Gasteiger partial charge in [0, 0.05) is 22.6 Å². The molecule has 182 valence electrons. The molecule has 0 saturated carbocycles. The normalized spacial score (nSPS) is 17.5. The van der Waals surface area contributed by atoms with Crippen LogP contribution in [0.25, 0.3) is 5.69 Å². The molecule has 3 amide bonds. The molecule has 1 N–H and O–H groups in total. The second-order valence-electron chi connectivity index (χ2n) is 8.54. The number of hydrogen-bond acceptors (Lipinski definition) is 5. The van der Waals surface area contributed by atoms with Crippen LogP contribution >= 0.6 is 0 Å². The molecular formula is C26H26FN3O5. The zero-order valence-corrected chi connectivity index (χ0v) is 20.1. The van der Waals surface area contributed by atoms with Gasteiger partial charge in [-0.3, -0.25) is 14.5 Å². The fraction of sp³-hybridized carbons (Fsp3) is 0.269. The Balaban J connectivity index is 1.61. The van der Waals surface area contributed by atoms with Crippen molar-refractivity contribution in [1.29, 1.82) is 0 Å². The van der Waals surface area contributed by atoms with E-state index in [1.807, 2.05) is 0 Å². The zero-order chi connectivity index (χ0) is 25.5. The molecule has 1 atom stereocenters. The maximum absolute atomic E-state index is 13.8. The highest BCUT2D eigenvalue weighted by Crippen LogP contribution is 2.35. The Morgan fingerprint density at radius 1 is 1.03 bits per heavy atom. The molecule has 1 aliphatic rings. The van der Waals surface area contributed by atoms with Gasteiger partial charge < -0.3 is 19.4 Å². The second kappa shape index (κ2) is 8.90. The zero-order valence-electron chi connectivity index (χ0n) is 20.1. The molecule has 8 nitrogen and oxygen atoms in total. The standard InChI is InChI=1S/C26H26FN3O5/c1-15-11-20(16(2)30(15)19-8-6-7-18(27)13-19)21(31)14-29-24(32)26(3,28-25(29)33)17-9-10-22(34-4)23(12-17)35-5/h6-13H,14H2,1-5H3,(H,28,33). The number of urea groups is 1. The Hall–Kier alpha value is -4.14. The Bertz CT molecular complexity index is 1350. The van der Waals surface area contributed by atoms with Crippen LogP contribution in [0.1, 0.15) is 34.2 Å². The molecular weight excluding hydrogens is 453 g/mol. The van der Waals surface area contributed by atoms with Gasteiger partial charge >= 0.3 is 6.03 Å². The number of nitrogens with one attached hydrogen (secondary N) is 1. The number of amides is 3. The first kappa shape index (κ1) is 24.0. The summed E-state index contributed by atoms with van der Waals surface area (Å²) < 4.78 is 26.1. The molecule has 0 radical (unpaired) electrons. The van der Waals surface area contributed by atoms with E-state index in [1.54, 1.807) is 61.7 Å². The third-order valence-electron chi connectivity index (χ3n) is 6.34. The molecule has 1 fully saturated rings. The highest BCUT2D eigenvalue weighted by molar-refractivity contribution is 6.11. The summed E-state index contributed by atoms with van der Waals surface area (Å²) in [5, 5.41) is 2.70. The SMILES string of the molecule is COc1ccc(C2(C)NC(=O)N(CC(=O)c3cc(C)n(-c4cccc(F)c4)c3C)C2=O)cc1OC. The molecule has 0 aliphatic carbocycles.